The topological polar surface area (TPSA) is 63.8 Å². The molecule has 110 valence electrons. The Morgan fingerprint density at radius 1 is 1.00 bits per heavy atom. The lowest BCUT2D eigenvalue weighted by Crippen LogP contribution is -2.14. The minimum Gasteiger partial charge on any atom is -0.308 e. The van der Waals surface area contributed by atoms with Gasteiger partial charge in [0.05, 0.1) is 0 Å². The highest BCUT2D eigenvalue weighted by atomic mass is 19.2. The summed E-state index contributed by atoms with van der Waals surface area (Å²) in [7, 11) is 0. The van der Waals surface area contributed by atoms with Crippen LogP contribution in [0.15, 0.2) is 18.2 Å². The SMILES string of the molecule is NNc1nc(-c2ccc(F)c(F)c2)nc2c1CCCCC2. The molecule has 1 aliphatic rings. The van der Waals surface area contributed by atoms with E-state index in [0.29, 0.717) is 17.2 Å². The summed E-state index contributed by atoms with van der Waals surface area (Å²) in [6.45, 7) is 0. The van der Waals surface area contributed by atoms with E-state index in [1.165, 1.54) is 6.07 Å². The maximum atomic E-state index is 13.4. The van der Waals surface area contributed by atoms with Crippen LogP contribution in [0.2, 0.25) is 0 Å². The molecule has 0 amide bonds. The summed E-state index contributed by atoms with van der Waals surface area (Å²) in [6, 6.07) is 3.65. The Morgan fingerprint density at radius 3 is 2.57 bits per heavy atom. The molecule has 4 nitrogen and oxygen atoms in total. The lowest BCUT2D eigenvalue weighted by atomic mass is 10.1. The number of nitrogens with two attached hydrogens (primary N) is 1. The molecule has 0 fully saturated rings. The third-order valence-corrected chi connectivity index (χ3v) is 3.75. The van der Waals surface area contributed by atoms with E-state index in [0.717, 1.165) is 55.5 Å². The highest BCUT2D eigenvalue weighted by Gasteiger charge is 2.17. The molecule has 0 bridgehead atoms. The lowest BCUT2D eigenvalue weighted by molar-refractivity contribution is 0.509. The van der Waals surface area contributed by atoms with Crippen LogP contribution in [0.4, 0.5) is 14.6 Å². The second-order valence-corrected chi connectivity index (χ2v) is 5.15. The van der Waals surface area contributed by atoms with Crippen LogP contribution in [-0.4, -0.2) is 9.97 Å². The van der Waals surface area contributed by atoms with Gasteiger partial charge in [0.25, 0.3) is 0 Å². The summed E-state index contributed by atoms with van der Waals surface area (Å²) in [5.41, 5.74) is 5.01. The van der Waals surface area contributed by atoms with Crippen molar-refractivity contribution in [1.82, 2.24) is 9.97 Å². The quantitative estimate of drug-likeness (QED) is 0.507. The number of nitrogen functional groups attached to an aromatic ring is 1. The molecule has 2 aromatic rings. The average Bonchev–Trinajstić information content (AvgIpc) is 2.74. The van der Waals surface area contributed by atoms with E-state index >= 15 is 0 Å². The molecule has 1 aromatic carbocycles. The Labute approximate surface area is 121 Å². The second-order valence-electron chi connectivity index (χ2n) is 5.15. The number of hydrazine groups is 1. The van der Waals surface area contributed by atoms with Gasteiger partial charge < -0.3 is 5.43 Å². The molecule has 21 heavy (non-hydrogen) atoms. The molecule has 1 heterocycles. The first-order valence-corrected chi connectivity index (χ1v) is 7.01. The summed E-state index contributed by atoms with van der Waals surface area (Å²) < 4.78 is 26.4. The smallest absolute Gasteiger partial charge is 0.161 e. The first-order valence-electron chi connectivity index (χ1n) is 7.01. The fourth-order valence-corrected chi connectivity index (χ4v) is 2.65. The molecule has 0 atom stereocenters. The number of nitrogens with zero attached hydrogens (tertiary/aromatic N) is 2. The Bertz CT molecular complexity index is 673. The van der Waals surface area contributed by atoms with Crippen molar-refractivity contribution in [1.29, 1.82) is 0 Å². The van der Waals surface area contributed by atoms with Gasteiger partial charge in [0.2, 0.25) is 0 Å². The molecular weight excluding hydrogens is 274 g/mol. The van der Waals surface area contributed by atoms with Gasteiger partial charge in [0.15, 0.2) is 17.5 Å². The van der Waals surface area contributed by atoms with E-state index in [9.17, 15) is 8.78 Å². The second kappa shape index (κ2) is 5.73. The van der Waals surface area contributed by atoms with Crippen LogP contribution < -0.4 is 11.3 Å². The minimum atomic E-state index is -0.909. The number of aryl methyl sites for hydroxylation is 1. The summed E-state index contributed by atoms with van der Waals surface area (Å²) in [5, 5.41) is 0. The van der Waals surface area contributed by atoms with Crippen LogP contribution in [0.1, 0.15) is 30.5 Å². The zero-order chi connectivity index (χ0) is 14.8. The van der Waals surface area contributed by atoms with Gasteiger partial charge in [-0.05, 0) is 43.9 Å². The fraction of sp³-hybridized carbons (Fsp3) is 0.333. The molecule has 6 heteroatoms. The summed E-state index contributed by atoms with van der Waals surface area (Å²) >= 11 is 0. The number of rotatable bonds is 2. The first kappa shape index (κ1) is 13.9. The molecule has 3 rings (SSSR count). The van der Waals surface area contributed by atoms with Crippen LogP contribution in [0.5, 0.6) is 0 Å². The van der Waals surface area contributed by atoms with E-state index in [4.69, 9.17) is 5.84 Å². The Balaban J connectivity index is 2.10. The number of benzene rings is 1. The van der Waals surface area contributed by atoms with E-state index in [1.807, 2.05) is 0 Å². The van der Waals surface area contributed by atoms with Crippen molar-refractivity contribution in [3.05, 3.63) is 41.1 Å². The van der Waals surface area contributed by atoms with Crippen LogP contribution >= 0.6 is 0 Å². The van der Waals surface area contributed by atoms with Gasteiger partial charge in [-0.2, -0.15) is 0 Å². The van der Waals surface area contributed by atoms with Gasteiger partial charge >= 0.3 is 0 Å². The molecule has 0 aliphatic heterocycles. The van der Waals surface area contributed by atoms with Crippen LogP contribution in [0, 0.1) is 11.6 Å². The van der Waals surface area contributed by atoms with Gasteiger partial charge in [-0.3, -0.25) is 0 Å². The predicted molar refractivity (Wildman–Crippen MR) is 76.5 cm³/mol. The van der Waals surface area contributed by atoms with E-state index in [2.05, 4.69) is 15.4 Å². The van der Waals surface area contributed by atoms with Gasteiger partial charge in [-0.25, -0.2) is 24.6 Å². The maximum absolute atomic E-state index is 13.4. The summed E-state index contributed by atoms with van der Waals surface area (Å²) in [6.07, 6.45) is 5.01. The Hall–Kier alpha value is -2.08. The first-order chi connectivity index (χ1) is 10.2. The van der Waals surface area contributed by atoms with Crippen molar-refractivity contribution in [2.75, 3.05) is 5.43 Å². The highest BCUT2D eigenvalue weighted by molar-refractivity contribution is 5.60. The summed E-state index contributed by atoms with van der Waals surface area (Å²) in [5.74, 6) is 4.69. The van der Waals surface area contributed by atoms with Crippen molar-refractivity contribution >= 4 is 5.82 Å². The van der Waals surface area contributed by atoms with Crippen molar-refractivity contribution < 1.29 is 8.78 Å². The Kier molecular flexibility index (Phi) is 3.79. The molecule has 1 aliphatic carbocycles. The van der Waals surface area contributed by atoms with Gasteiger partial charge in [-0.1, -0.05) is 6.42 Å². The number of fused-ring (bicyclic) bond motifs is 1. The number of hydrogen-bond donors (Lipinski definition) is 2. The molecule has 0 radical (unpaired) electrons. The normalized spacial score (nSPS) is 14.4. The van der Waals surface area contributed by atoms with Gasteiger partial charge in [0.1, 0.15) is 5.82 Å². The van der Waals surface area contributed by atoms with Crippen molar-refractivity contribution in [2.24, 2.45) is 5.84 Å². The zero-order valence-electron chi connectivity index (χ0n) is 11.5. The number of hydrogen-bond acceptors (Lipinski definition) is 4. The zero-order valence-corrected chi connectivity index (χ0v) is 11.5. The number of aromatic nitrogens is 2. The van der Waals surface area contributed by atoms with Crippen molar-refractivity contribution in [3.8, 4) is 11.4 Å². The van der Waals surface area contributed by atoms with Crippen LogP contribution in [0.3, 0.4) is 0 Å². The molecule has 0 spiro atoms. The van der Waals surface area contributed by atoms with Gasteiger partial charge in [-0.15, -0.1) is 0 Å². The number of nitrogens with one attached hydrogen (secondary N) is 1. The highest BCUT2D eigenvalue weighted by Crippen LogP contribution is 2.27. The average molecular weight is 290 g/mol. The van der Waals surface area contributed by atoms with Crippen molar-refractivity contribution in [3.63, 3.8) is 0 Å². The third-order valence-electron chi connectivity index (χ3n) is 3.75. The van der Waals surface area contributed by atoms with E-state index < -0.39 is 11.6 Å². The predicted octanol–water partition coefficient (Wildman–Crippen LogP) is 2.98. The lowest BCUT2D eigenvalue weighted by Gasteiger charge is -2.12. The number of halogens is 2. The molecular formula is C15H16F2N4. The Morgan fingerprint density at radius 2 is 1.81 bits per heavy atom. The number of anilines is 1. The minimum absolute atomic E-state index is 0.363. The van der Waals surface area contributed by atoms with E-state index in [1.54, 1.807) is 0 Å². The molecule has 1 aromatic heterocycles. The van der Waals surface area contributed by atoms with E-state index in [-0.39, 0.29) is 0 Å². The fourth-order valence-electron chi connectivity index (χ4n) is 2.65. The standard InChI is InChI=1S/C15H16F2N4/c16-11-7-6-9(8-12(11)17)14-19-13-5-3-1-2-4-10(13)15(20-14)21-18/h6-8H,1-5,18H2,(H,19,20,21). The summed E-state index contributed by atoms with van der Waals surface area (Å²) in [4.78, 5) is 8.88. The van der Waals surface area contributed by atoms with Gasteiger partial charge in [0, 0.05) is 16.8 Å². The molecule has 0 saturated heterocycles. The monoisotopic (exact) mass is 290 g/mol. The maximum Gasteiger partial charge on any atom is 0.161 e. The van der Waals surface area contributed by atoms with Crippen molar-refractivity contribution in [2.45, 2.75) is 32.1 Å². The molecule has 0 saturated carbocycles. The largest absolute Gasteiger partial charge is 0.308 e. The third kappa shape index (κ3) is 2.71. The van der Waals surface area contributed by atoms with Crippen LogP contribution in [0.25, 0.3) is 11.4 Å². The molecule has 0 unspecified atom stereocenters. The van der Waals surface area contributed by atoms with Crippen LogP contribution in [-0.2, 0) is 12.8 Å². The molecule has 3 N–H and O–H groups in total.